The van der Waals surface area contributed by atoms with E-state index in [0.717, 1.165) is 57.4 Å². The first-order valence-corrected chi connectivity index (χ1v) is 21.6. The van der Waals surface area contributed by atoms with Crippen LogP contribution in [0.4, 0.5) is 20.7 Å². The van der Waals surface area contributed by atoms with Crippen molar-refractivity contribution in [1.82, 2.24) is 20.1 Å². The second kappa shape index (κ2) is 16.1. The normalized spacial score (nSPS) is 17.4. The highest BCUT2D eigenvalue weighted by Crippen LogP contribution is 2.42. The molecule has 2 aromatic heterocycles. The molecular weight excluding hydrogens is 628 g/mol. The van der Waals surface area contributed by atoms with Gasteiger partial charge in [0.15, 0.2) is 0 Å². The van der Waals surface area contributed by atoms with Crippen molar-refractivity contribution in [2.45, 2.75) is 143 Å². The number of nitrogens with one attached hydrogen (secondary N) is 2. The third kappa shape index (κ3) is 10.3. The number of nitrogens with zero attached hydrogens (tertiary/aromatic N) is 3. The zero-order valence-electron chi connectivity index (χ0n) is 30.5. The Labute approximate surface area is 287 Å². The first-order chi connectivity index (χ1) is 22.5. The summed E-state index contributed by atoms with van der Waals surface area (Å²) in [5.74, 6) is -0.708. The third-order valence-corrected chi connectivity index (χ3v) is 11.5. The first kappa shape index (κ1) is 37.8. The molecule has 0 bridgehead atoms. The monoisotopic (exact) mass is 686 g/mol. The van der Waals surface area contributed by atoms with E-state index in [0.29, 0.717) is 35.4 Å². The van der Waals surface area contributed by atoms with Crippen molar-refractivity contribution in [3.63, 3.8) is 0 Å². The van der Waals surface area contributed by atoms with Crippen LogP contribution in [-0.2, 0) is 21.0 Å². The van der Waals surface area contributed by atoms with Crippen LogP contribution in [0.15, 0.2) is 6.07 Å². The van der Waals surface area contributed by atoms with E-state index in [9.17, 15) is 9.59 Å². The van der Waals surface area contributed by atoms with Crippen LogP contribution < -0.4 is 16.4 Å². The lowest BCUT2D eigenvalue weighted by Gasteiger charge is -2.42. The van der Waals surface area contributed by atoms with Gasteiger partial charge in [0.2, 0.25) is 11.9 Å². The molecule has 2 aliphatic rings. The molecule has 0 aliphatic heterocycles. The van der Waals surface area contributed by atoms with Gasteiger partial charge >= 0.3 is 6.09 Å². The van der Waals surface area contributed by atoms with Gasteiger partial charge in [-0.25, -0.2) is 14.5 Å². The fraction of sp³-hybridized carbons (Fsp3) is 0.722. The molecule has 4 N–H and O–H groups in total. The molecule has 0 aromatic carbocycles. The van der Waals surface area contributed by atoms with Crippen LogP contribution in [0.25, 0.3) is 11.1 Å². The van der Waals surface area contributed by atoms with Crippen molar-refractivity contribution < 1.29 is 23.5 Å². The highest BCUT2D eigenvalue weighted by molar-refractivity contribution is 6.76. The number of rotatable bonds is 12. The number of nitrogen functional groups attached to an aromatic ring is 1. The van der Waals surface area contributed by atoms with E-state index in [2.05, 4.69) is 40.4 Å². The average molecular weight is 687 g/mol. The number of carbonyl (C=O) groups is 2. The highest BCUT2D eigenvalue weighted by Gasteiger charge is 2.42. The van der Waals surface area contributed by atoms with E-state index in [-0.39, 0.29) is 29.7 Å². The first-order valence-electron chi connectivity index (χ1n) is 17.9. The summed E-state index contributed by atoms with van der Waals surface area (Å²) in [6, 6.07) is 1.66. The Morgan fingerprint density at radius 3 is 2.12 bits per heavy atom. The predicted octanol–water partition coefficient (Wildman–Crippen LogP) is 8.20. The molecule has 12 heteroatoms. The average Bonchev–Trinajstić information content (AvgIpc) is 3.26. The molecule has 0 radical (unpaired) electrons. The number of aryl methyl sites for hydroxylation is 1. The molecule has 2 amide bonds. The van der Waals surface area contributed by atoms with E-state index in [1.807, 2.05) is 6.92 Å². The zero-order valence-corrected chi connectivity index (χ0v) is 31.5. The molecule has 268 valence electrons. The Balaban J connectivity index is 1.60. The van der Waals surface area contributed by atoms with E-state index < -0.39 is 37.7 Å². The predicted molar refractivity (Wildman–Crippen MR) is 192 cm³/mol. The molecule has 2 aliphatic carbocycles. The Kier molecular flexibility index (Phi) is 12.7. The number of pyridine rings is 1. The molecule has 2 heterocycles. The number of halogens is 1. The SMILES string of the molecule is Cc1nn(COCC[Si](C)(C)C)c(C)c1-c1c(N)cc(NC(=O)[C@@H](NC(=O)OC(C)(C)C)C(C2CCCCC2)C2CCCCC2)nc1F. The smallest absolute Gasteiger partial charge is 0.408 e. The Morgan fingerprint density at radius 1 is 1.02 bits per heavy atom. The molecule has 2 aromatic rings. The van der Waals surface area contributed by atoms with Gasteiger partial charge < -0.3 is 25.8 Å². The maximum absolute atomic E-state index is 15.9. The number of amides is 2. The fourth-order valence-electron chi connectivity index (χ4n) is 7.50. The second-order valence-corrected chi connectivity index (χ2v) is 21.8. The van der Waals surface area contributed by atoms with Crippen molar-refractivity contribution in [2.75, 3.05) is 17.7 Å². The van der Waals surface area contributed by atoms with E-state index in [1.54, 1.807) is 32.4 Å². The molecule has 0 unspecified atom stereocenters. The highest BCUT2D eigenvalue weighted by atomic mass is 28.3. The van der Waals surface area contributed by atoms with E-state index in [1.165, 1.54) is 18.9 Å². The van der Waals surface area contributed by atoms with Gasteiger partial charge in [-0.05, 0) is 58.4 Å². The molecule has 10 nitrogen and oxygen atoms in total. The van der Waals surface area contributed by atoms with Gasteiger partial charge in [0.25, 0.3) is 0 Å². The number of aromatic nitrogens is 3. The number of nitrogens with two attached hydrogens (primary N) is 1. The molecule has 48 heavy (non-hydrogen) atoms. The van der Waals surface area contributed by atoms with Crippen LogP contribution in [0.1, 0.15) is 96.4 Å². The van der Waals surface area contributed by atoms with Gasteiger partial charge in [-0.15, -0.1) is 0 Å². The lowest BCUT2D eigenvalue weighted by atomic mass is 9.66. The van der Waals surface area contributed by atoms with Crippen LogP contribution in [0.5, 0.6) is 0 Å². The van der Waals surface area contributed by atoms with Crippen molar-refractivity contribution in [3.05, 3.63) is 23.4 Å². The van der Waals surface area contributed by atoms with Crippen molar-refractivity contribution in [1.29, 1.82) is 0 Å². The third-order valence-electron chi connectivity index (χ3n) is 9.83. The van der Waals surface area contributed by atoms with Crippen molar-refractivity contribution in [3.8, 4) is 11.1 Å². The molecule has 0 saturated heterocycles. The molecular formula is C36H59FN6O4Si. The van der Waals surface area contributed by atoms with E-state index >= 15 is 4.39 Å². The Morgan fingerprint density at radius 2 is 1.60 bits per heavy atom. The largest absolute Gasteiger partial charge is 0.444 e. The summed E-state index contributed by atoms with van der Waals surface area (Å²) < 4.78 is 29.1. The second-order valence-electron chi connectivity index (χ2n) is 16.1. The molecule has 2 saturated carbocycles. The summed E-state index contributed by atoms with van der Waals surface area (Å²) in [6.07, 6.45) is 10.2. The number of hydrogen-bond donors (Lipinski definition) is 3. The van der Waals surface area contributed by atoms with Gasteiger partial charge in [0.1, 0.15) is 24.2 Å². The Bertz CT molecular complexity index is 1370. The van der Waals surface area contributed by atoms with Crippen LogP contribution >= 0.6 is 0 Å². The van der Waals surface area contributed by atoms with Crippen LogP contribution in [-0.4, -0.2) is 53.1 Å². The van der Waals surface area contributed by atoms with Crippen molar-refractivity contribution >= 4 is 31.6 Å². The summed E-state index contributed by atoms with van der Waals surface area (Å²) in [5.41, 5.74) is 7.91. The summed E-state index contributed by atoms with van der Waals surface area (Å²) in [7, 11) is -1.24. The van der Waals surface area contributed by atoms with Gasteiger partial charge in [-0.1, -0.05) is 83.8 Å². The van der Waals surface area contributed by atoms with E-state index in [4.69, 9.17) is 15.2 Å². The number of alkyl carbamates (subject to hydrolysis) is 1. The maximum atomic E-state index is 15.9. The summed E-state index contributed by atoms with van der Waals surface area (Å²) in [6.45, 7) is 16.9. The molecule has 1 atom stereocenters. The number of anilines is 2. The van der Waals surface area contributed by atoms with Crippen molar-refractivity contribution in [2.24, 2.45) is 17.8 Å². The van der Waals surface area contributed by atoms with Gasteiger partial charge in [0.05, 0.1) is 11.3 Å². The fourth-order valence-corrected chi connectivity index (χ4v) is 8.26. The number of ether oxygens (including phenoxy) is 2. The van der Waals surface area contributed by atoms with Crippen LogP contribution in [0, 0.1) is 37.5 Å². The molecule has 2 fully saturated rings. The summed E-state index contributed by atoms with van der Waals surface area (Å²) in [5, 5.41) is 10.4. The quantitative estimate of drug-likeness (QED) is 0.116. The van der Waals surface area contributed by atoms with Gasteiger partial charge in [-0.2, -0.15) is 9.49 Å². The van der Waals surface area contributed by atoms with Crippen LogP contribution in [0.2, 0.25) is 25.7 Å². The van der Waals surface area contributed by atoms with Crippen LogP contribution in [0.3, 0.4) is 0 Å². The zero-order chi connectivity index (χ0) is 35.2. The number of carbonyl (C=O) groups excluding carboxylic acids is 2. The topological polar surface area (TPSA) is 133 Å². The summed E-state index contributed by atoms with van der Waals surface area (Å²) >= 11 is 0. The summed E-state index contributed by atoms with van der Waals surface area (Å²) in [4.78, 5) is 31.5. The minimum atomic E-state index is -1.24. The maximum Gasteiger partial charge on any atom is 0.408 e. The minimum absolute atomic E-state index is 0.00171. The Hall–Kier alpha value is -2.99. The lowest BCUT2D eigenvalue weighted by Crippen LogP contribution is -2.54. The van der Waals surface area contributed by atoms with Gasteiger partial charge in [0, 0.05) is 37.7 Å². The minimum Gasteiger partial charge on any atom is -0.444 e. The van der Waals surface area contributed by atoms with Gasteiger partial charge in [-0.3, -0.25) is 4.79 Å². The lowest BCUT2D eigenvalue weighted by molar-refractivity contribution is -0.121. The standard InChI is InChI=1S/C36H59FN6O4Si/c1-23-29(24(2)43(42-23)22-46-19-20-48(6,7)8)31-27(38)21-28(39-33(31)37)40-34(44)32(41-35(45)47-36(3,4)5)30(25-15-11-9-12-16-25)26-17-13-10-14-18-26/h21,25-26,30,32H,9-20,22H2,1-8H3,(H,41,45)(H3,38,39,40,44)/t32-/m0/s1. The molecule has 0 spiro atoms. The number of hydrogen-bond acceptors (Lipinski definition) is 7. The molecule has 4 rings (SSSR count).